The minimum atomic E-state index is -0.525. The van der Waals surface area contributed by atoms with Crippen molar-refractivity contribution < 1.29 is 8.78 Å². The molecule has 0 amide bonds. The Labute approximate surface area is 149 Å². The average molecular weight is 365 g/mol. The molecule has 0 fully saturated rings. The number of benzene rings is 2. The van der Waals surface area contributed by atoms with Gasteiger partial charge in [-0.1, -0.05) is 41.9 Å². The highest BCUT2D eigenvalue weighted by Gasteiger charge is 2.17. The van der Waals surface area contributed by atoms with Gasteiger partial charge in [-0.15, -0.1) is 0 Å². The number of hydrogen-bond donors (Lipinski definition) is 0. The molecule has 2 aromatic rings. The van der Waals surface area contributed by atoms with Crippen LogP contribution in [0.25, 0.3) is 0 Å². The minimum Gasteiger partial charge on any atom is -0.205 e. The number of halogens is 4. The Balaban J connectivity index is 0.000000648. The van der Waals surface area contributed by atoms with E-state index >= 15 is 0 Å². The zero-order chi connectivity index (χ0) is 18.1. The summed E-state index contributed by atoms with van der Waals surface area (Å²) in [5.74, 6) is -1.39. The van der Waals surface area contributed by atoms with Gasteiger partial charge in [-0.2, -0.15) is 10.5 Å². The standard InChI is InChI=1S/C15H9Cl2F2N.C3H3N/c16-12-7-9(1-3-14(12)18)11(5-6-20)10-2-4-15(19)13(17)8-10;1-2-3-4/h1-4,7-8,11H,5H2;2H,1H2. The van der Waals surface area contributed by atoms with Gasteiger partial charge in [0.1, 0.15) is 11.6 Å². The quantitative estimate of drug-likeness (QED) is 0.625. The van der Waals surface area contributed by atoms with Crippen LogP contribution in [0.2, 0.25) is 10.0 Å². The Kier molecular flexibility index (Phi) is 7.92. The van der Waals surface area contributed by atoms with E-state index in [1.165, 1.54) is 30.3 Å². The fraction of sp³-hybridized carbons (Fsp3) is 0.111. The van der Waals surface area contributed by atoms with E-state index in [9.17, 15) is 8.78 Å². The number of nitrogens with zero attached hydrogens (tertiary/aromatic N) is 2. The molecule has 0 aliphatic rings. The molecule has 0 saturated carbocycles. The third-order valence-electron chi connectivity index (χ3n) is 3.08. The largest absolute Gasteiger partial charge is 0.205 e. The zero-order valence-electron chi connectivity index (χ0n) is 12.4. The first-order valence-electron chi connectivity index (χ1n) is 6.72. The van der Waals surface area contributed by atoms with Crippen molar-refractivity contribution in [3.05, 3.63) is 81.9 Å². The SMILES string of the molecule is C=CC#N.N#CCC(c1ccc(F)c(Cl)c1)c1ccc(F)c(Cl)c1. The van der Waals surface area contributed by atoms with Crippen molar-refractivity contribution in [2.45, 2.75) is 12.3 Å². The first kappa shape index (κ1) is 19.6. The molecule has 6 heteroatoms. The second-order valence-electron chi connectivity index (χ2n) is 4.60. The zero-order valence-corrected chi connectivity index (χ0v) is 14.0. The summed E-state index contributed by atoms with van der Waals surface area (Å²) < 4.78 is 26.4. The van der Waals surface area contributed by atoms with Crippen LogP contribution in [0.4, 0.5) is 8.78 Å². The molecule has 0 atom stereocenters. The predicted octanol–water partition coefficient (Wildman–Crippen LogP) is 6.01. The number of nitriles is 2. The summed E-state index contributed by atoms with van der Waals surface area (Å²) in [5, 5.41) is 16.4. The molecule has 0 radical (unpaired) electrons. The van der Waals surface area contributed by atoms with Gasteiger partial charge in [-0.3, -0.25) is 0 Å². The van der Waals surface area contributed by atoms with E-state index in [2.05, 4.69) is 12.6 Å². The van der Waals surface area contributed by atoms with Gasteiger partial charge in [-0.05, 0) is 35.4 Å². The van der Waals surface area contributed by atoms with Crippen LogP contribution >= 0.6 is 23.2 Å². The van der Waals surface area contributed by atoms with Crippen LogP contribution in [0.1, 0.15) is 23.5 Å². The fourth-order valence-electron chi connectivity index (χ4n) is 1.98. The summed E-state index contributed by atoms with van der Waals surface area (Å²) in [6.45, 7) is 3.12. The number of rotatable bonds is 3. The van der Waals surface area contributed by atoms with Crippen LogP contribution in [0.5, 0.6) is 0 Å². The summed E-state index contributed by atoms with van der Waals surface area (Å²) in [5.41, 5.74) is 1.36. The highest BCUT2D eigenvalue weighted by atomic mass is 35.5. The maximum atomic E-state index is 13.2. The maximum Gasteiger partial charge on any atom is 0.141 e. The lowest BCUT2D eigenvalue weighted by Gasteiger charge is -2.15. The molecule has 2 aromatic carbocycles. The highest BCUT2D eigenvalue weighted by molar-refractivity contribution is 6.31. The van der Waals surface area contributed by atoms with Crippen LogP contribution in [-0.4, -0.2) is 0 Å². The molecule has 0 N–H and O–H groups in total. The molecule has 24 heavy (non-hydrogen) atoms. The second kappa shape index (κ2) is 9.67. The Morgan fingerprint density at radius 1 is 1.00 bits per heavy atom. The van der Waals surface area contributed by atoms with Gasteiger partial charge < -0.3 is 0 Å². The molecule has 0 aliphatic carbocycles. The summed E-state index contributed by atoms with van der Waals surface area (Å²) in [7, 11) is 0. The summed E-state index contributed by atoms with van der Waals surface area (Å²) in [6.07, 6.45) is 1.34. The van der Waals surface area contributed by atoms with Crippen LogP contribution < -0.4 is 0 Å². The predicted molar refractivity (Wildman–Crippen MR) is 90.7 cm³/mol. The molecule has 0 aromatic heterocycles. The van der Waals surface area contributed by atoms with Crippen molar-refractivity contribution in [3.63, 3.8) is 0 Å². The van der Waals surface area contributed by atoms with Gasteiger partial charge in [0.25, 0.3) is 0 Å². The lowest BCUT2D eigenvalue weighted by molar-refractivity contribution is 0.625. The maximum absolute atomic E-state index is 13.2. The molecule has 0 aliphatic heterocycles. The fourth-order valence-corrected chi connectivity index (χ4v) is 2.36. The van der Waals surface area contributed by atoms with Gasteiger partial charge in [0.15, 0.2) is 0 Å². The Morgan fingerprint density at radius 3 is 1.71 bits per heavy atom. The van der Waals surface area contributed by atoms with Crippen molar-refractivity contribution in [1.82, 2.24) is 0 Å². The van der Waals surface area contributed by atoms with E-state index in [0.717, 1.165) is 0 Å². The Morgan fingerprint density at radius 2 is 1.42 bits per heavy atom. The third-order valence-corrected chi connectivity index (χ3v) is 3.66. The summed E-state index contributed by atoms with van der Waals surface area (Å²) in [6, 6.07) is 12.3. The summed E-state index contributed by atoms with van der Waals surface area (Å²) in [4.78, 5) is 0. The monoisotopic (exact) mass is 364 g/mol. The van der Waals surface area contributed by atoms with E-state index in [-0.39, 0.29) is 22.4 Å². The summed E-state index contributed by atoms with van der Waals surface area (Å²) >= 11 is 11.5. The first-order chi connectivity index (χ1) is 11.4. The van der Waals surface area contributed by atoms with Crippen molar-refractivity contribution in [2.75, 3.05) is 0 Å². The normalized spacial score (nSPS) is 9.46. The van der Waals surface area contributed by atoms with Gasteiger partial charge in [-0.25, -0.2) is 8.78 Å². The Hall–Kier alpha value is -2.40. The topological polar surface area (TPSA) is 47.6 Å². The molecule has 0 heterocycles. The molecular formula is C18H12Cl2F2N2. The number of hydrogen-bond acceptors (Lipinski definition) is 2. The lowest BCUT2D eigenvalue weighted by Crippen LogP contribution is -2.01. The molecule has 0 bridgehead atoms. The smallest absolute Gasteiger partial charge is 0.141 e. The average Bonchev–Trinajstić information content (AvgIpc) is 2.58. The van der Waals surface area contributed by atoms with Crippen molar-refractivity contribution in [3.8, 4) is 12.1 Å². The van der Waals surface area contributed by atoms with E-state index in [1.54, 1.807) is 18.2 Å². The lowest BCUT2D eigenvalue weighted by atomic mass is 9.89. The van der Waals surface area contributed by atoms with Gasteiger partial charge >= 0.3 is 0 Å². The van der Waals surface area contributed by atoms with Crippen LogP contribution in [0.3, 0.4) is 0 Å². The van der Waals surface area contributed by atoms with E-state index < -0.39 is 11.6 Å². The van der Waals surface area contributed by atoms with E-state index in [1.807, 2.05) is 0 Å². The van der Waals surface area contributed by atoms with Crippen molar-refractivity contribution in [1.29, 1.82) is 10.5 Å². The Bertz CT molecular complexity index is 756. The molecule has 0 spiro atoms. The second-order valence-corrected chi connectivity index (χ2v) is 5.41. The highest BCUT2D eigenvalue weighted by Crippen LogP contribution is 2.32. The first-order valence-corrected chi connectivity index (χ1v) is 7.47. The van der Waals surface area contributed by atoms with Gasteiger partial charge in [0.2, 0.25) is 0 Å². The van der Waals surface area contributed by atoms with Gasteiger partial charge in [0.05, 0.1) is 22.2 Å². The third kappa shape index (κ3) is 5.35. The number of allylic oxidation sites excluding steroid dienone is 1. The van der Waals surface area contributed by atoms with Crippen LogP contribution in [0, 0.1) is 34.3 Å². The molecule has 2 rings (SSSR count). The van der Waals surface area contributed by atoms with E-state index in [0.29, 0.717) is 11.1 Å². The molecular weight excluding hydrogens is 353 g/mol. The van der Waals surface area contributed by atoms with Crippen LogP contribution in [-0.2, 0) is 0 Å². The molecule has 2 nitrogen and oxygen atoms in total. The minimum absolute atomic E-state index is 0.0151. The van der Waals surface area contributed by atoms with E-state index in [4.69, 9.17) is 33.7 Å². The van der Waals surface area contributed by atoms with Crippen molar-refractivity contribution in [2.24, 2.45) is 0 Å². The van der Waals surface area contributed by atoms with Gasteiger partial charge in [0, 0.05) is 18.4 Å². The molecule has 0 unspecified atom stereocenters. The van der Waals surface area contributed by atoms with Crippen LogP contribution in [0.15, 0.2) is 49.1 Å². The molecule has 0 saturated heterocycles. The molecule has 122 valence electrons. The van der Waals surface area contributed by atoms with Crippen molar-refractivity contribution >= 4 is 23.2 Å².